The molecule has 2 amide bonds. The SMILES string of the molecule is COc1ccc(NC(C)=O)cc1NC(=O)CNc1ccc(Cl)cc1. The molecule has 24 heavy (non-hydrogen) atoms. The highest BCUT2D eigenvalue weighted by molar-refractivity contribution is 6.30. The van der Waals surface area contributed by atoms with Crippen LogP contribution in [0.25, 0.3) is 0 Å². The van der Waals surface area contributed by atoms with Crippen LogP contribution in [-0.2, 0) is 9.59 Å². The molecular formula is C17H18ClN3O3. The summed E-state index contributed by atoms with van der Waals surface area (Å²) in [6.07, 6.45) is 0. The highest BCUT2D eigenvalue weighted by Crippen LogP contribution is 2.27. The second-order valence-electron chi connectivity index (χ2n) is 5.00. The van der Waals surface area contributed by atoms with Gasteiger partial charge in [-0.25, -0.2) is 0 Å². The molecule has 0 aliphatic rings. The molecule has 0 aliphatic heterocycles. The summed E-state index contributed by atoms with van der Waals surface area (Å²) in [6.45, 7) is 1.49. The van der Waals surface area contributed by atoms with Gasteiger partial charge in [-0.3, -0.25) is 9.59 Å². The van der Waals surface area contributed by atoms with Crippen molar-refractivity contribution in [3.05, 3.63) is 47.5 Å². The zero-order valence-corrected chi connectivity index (χ0v) is 14.1. The van der Waals surface area contributed by atoms with E-state index in [-0.39, 0.29) is 18.4 Å². The second kappa shape index (κ2) is 8.21. The lowest BCUT2D eigenvalue weighted by atomic mass is 10.2. The van der Waals surface area contributed by atoms with Gasteiger partial charge in [0.15, 0.2) is 0 Å². The number of amides is 2. The van der Waals surface area contributed by atoms with Crippen molar-refractivity contribution >= 4 is 40.5 Å². The van der Waals surface area contributed by atoms with E-state index < -0.39 is 0 Å². The largest absolute Gasteiger partial charge is 0.495 e. The molecule has 0 heterocycles. The van der Waals surface area contributed by atoms with E-state index in [9.17, 15) is 9.59 Å². The van der Waals surface area contributed by atoms with Crippen LogP contribution in [0, 0.1) is 0 Å². The highest BCUT2D eigenvalue weighted by Gasteiger charge is 2.09. The third-order valence-electron chi connectivity index (χ3n) is 3.09. The second-order valence-corrected chi connectivity index (χ2v) is 5.44. The summed E-state index contributed by atoms with van der Waals surface area (Å²) in [5.74, 6) is 0.0639. The quantitative estimate of drug-likeness (QED) is 0.748. The van der Waals surface area contributed by atoms with Gasteiger partial charge in [-0.05, 0) is 42.5 Å². The van der Waals surface area contributed by atoms with Gasteiger partial charge in [-0.15, -0.1) is 0 Å². The Balaban J connectivity index is 2.01. The molecule has 0 unspecified atom stereocenters. The third-order valence-corrected chi connectivity index (χ3v) is 3.34. The topological polar surface area (TPSA) is 79.5 Å². The first kappa shape index (κ1) is 17.6. The van der Waals surface area contributed by atoms with Crippen molar-refractivity contribution in [1.29, 1.82) is 0 Å². The lowest BCUT2D eigenvalue weighted by molar-refractivity contribution is -0.115. The molecule has 0 aromatic heterocycles. The van der Waals surface area contributed by atoms with E-state index in [1.54, 1.807) is 42.5 Å². The van der Waals surface area contributed by atoms with Crippen molar-refractivity contribution in [3.63, 3.8) is 0 Å². The van der Waals surface area contributed by atoms with Gasteiger partial charge >= 0.3 is 0 Å². The maximum absolute atomic E-state index is 12.1. The number of hydrogen-bond acceptors (Lipinski definition) is 4. The smallest absolute Gasteiger partial charge is 0.243 e. The molecule has 3 N–H and O–H groups in total. The molecule has 6 nitrogen and oxygen atoms in total. The zero-order chi connectivity index (χ0) is 17.5. The van der Waals surface area contributed by atoms with Gasteiger partial charge < -0.3 is 20.7 Å². The predicted molar refractivity (Wildman–Crippen MR) is 95.9 cm³/mol. The Morgan fingerprint density at radius 2 is 1.71 bits per heavy atom. The van der Waals surface area contributed by atoms with Crippen molar-refractivity contribution < 1.29 is 14.3 Å². The molecule has 2 aromatic rings. The lowest BCUT2D eigenvalue weighted by Gasteiger charge is -2.13. The Kier molecular flexibility index (Phi) is 6.03. The standard InChI is InChI=1S/C17H18ClN3O3/c1-11(22)20-14-7-8-16(24-2)15(9-14)21-17(23)10-19-13-5-3-12(18)4-6-13/h3-9,19H,10H2,1-2H3,(H,20,22)(H,21,23). The number of carbonyl (C=O) groups excluding carboxylic acids is 2. The molecule has 0 spiro atoms. The van der Waals surface area contributed by atoms with Gasteiger partial charge in [-0.2, -0.15) is 0 Å². The number of halogens is 1. The molecule has 0 radical (unpaired) electrons. The Morgan fingerprint density at radius 3 is 2.33 bits per heavy atom. The molecule has 0 saturated heterocycles. The minimum atomic E-state index is -0.247. The first-order valence-corrected chi connectivity index (χ1v) is 7.60. The lowest BCUT2D eigenvalue weighted by Crippen LogP contribution is -2.22. The van der Waals surface area contributed by atoms with E-state index in [1.807, 2.05) is 0 Å². The molecule has 0 saturated carbocycles. The van der Waals surface area contributed by atoms with Gasteiger partial charge in [0.25, 0.3) is 0 Å². The monoisotopic (exact) mass is 347 g/mol. The van der Waals surface area contributed by atoms with Crippen molar-refractivity contribution in [1.82, 2.24) is 0 Å². The molecule has 126 valence electrons. The molecule has 7 heteroatoms. The number of ether oxygens (including phenoxy) is 1. The Hall–Kier alpha value is -2.73. The fraction of sp³-hybridized carbons (Fsp3) is 0.176. The first-order chi connectivity index (χ1) is 11.5. The summed E-state index contributed by atoms with van der Waals surface area (Å²) in [4.78, 5) is 23.2. The average molecular weight is 348 g/mol. The fourth-order valence-corrected chi connectivity index (χ4v) is 2.16. The summed E-state index contributed by atoms with van der Waals surface area (Å²) < 4.78 is 5.22. The Morgan fingerprint density at radius 1 is 1.04 bits per heavy atom. The van der Waals surface area contributed by atoms with Crippen LogP contribution in [0.4, 0.5) is 17.1 Å². The molecule has 0 fully saturated rings. The van der Waals surface area contributed by atoms with E-state index in [1.165, 1.54) is 14.0 Å². The summed E-state index contributed by atoms with van der Waals surface area (Å²) >= 11 is 5.81. The maximum Gasteiger partial charge on any atom is 0.243 e. The van der Waals surface area contributed by atoms with Crippen molar-refractivity contribution in [2.45, 2.75) is 6.92 Å². The van der Waals surface area contributed by atoms with Crippen LogP contribution in [-0.4, -0.2) is 25.5 Å². The van der Waals surface area contributed by atoms with Crippen LogP contribution >= 0.6 is 11.6 Å². The molecule has 0 bridgehead atoms. The van der Waals surface area contributed by atoms with Gasteiger partial charge in [0.05, 0.1) is 19.3 Å². The van der Waals surface area contributed by atoms with Gasteiger partial charge in [0.2, 0.25) is 11.8 Å². The minimum absolute atomic E-state index is 0.0785. The highest BCUT2D eigenvalue weighted by atomic mass is 35.5. The zero-order valence-electron chi connectivity index (χ0n) is 13.4. The van der Waals surface area contributed by atoms with E-state index in [2.05, 4.69) is 16.0 Å². The number of carbonyl (C=O) groups is 2. The average Bonchev–Trinajstić information content (AvgIpc) is 2.54. The van der Waals surface area contributed by atoms with E-state index in [0.29, 0.717) is 22.1 Å². The van der Waals surface area contributed by atoms with Gasteiger partial charge in [0, 0.05) is 23.3 Å². The molecule has 0 aliphatic carbocycles. The minimum Gasteiger partial charge on any atom is -0.495 e. The first-order valence-electron chi connectivity index (χ1n) is 7.23. The third kappa shape index (κ3) is 5.17. The number of benzene rings is 2. The van der Waals surface area contributed by atoms with E-state index >= 15 is 0 Å². The van der Waals surface area contributed by atoms with Crippen molar-refractivity contribution in [2.24, 2.45) is 0 Å². The summed E-state index contributed by atoms with van der Waals surface area (Å²) in [6, 6.07) is 12.1. The number of anilines is 3. The molecular weight excluding hydrogens is 330 g/mol. The van der Waals surface area contributed by atoms with Crippen LogP contribution in [0.5, 0.6) is 5.75 Å². The van der Waals surface area contributed by atoms with Crippen LogP contribution in [0.15, 0.2) is 42.5 Å². The number of methoxy groups -OCH3 is 1. The maximum atomic E-state index is 12.1. The summed E-state index contributed by atoms with van der Waals surface area (Å²) in [5, 5.41) is 9.04. The van der Waals surface area contributed by atoms with Crippen LogP contribution in [0.1, 0.15) is 6.92 Å². The molecule has 2 aromatic carbocycles. The van der Waals surface area contributed by atoms with Gasteiger partial charge in [-0.1, -0.05) is 11.6 Å². The van der Waals surface area contributed by atoms with E-state index in [4.69, 9.17) is 16.3 Å². The summed E-state index contributed by atoms with van der Waals surface area (Å²) in [5.41, 5.74) is 1.84. The number of rotatable bonds is 6. The fourth-order valence-electron chi connectivity index (χ4n) is 2.03. The normalized spacial score (nSPS) is 9.96. The number of hydrogen-bond donors (Lipinski definition) is 3. The van der Waals surface area contributed by atoms with Crippen molar-refractivity contribution in [2.75, 3.05) is 29.6 Å². The van der Waals surface area contributed by atoms with Crippen LogP contribution in [0.3, 0.4) is 0 Å². The predicted octanol–water partition coefficient (Wildman–Crippen LogP) is 3.36. The van der Waals surface area contributed by atoms with Crippen molar-refractivity contribution in [3.8, 4) is 5.75 Å². The van der Waals surface area contributed by atoms with Gasteiger partial charge in [0.1, 0.15) is 5.75 Å². The Bertz CT molecular complexity index is 732. The van der Waals surface area contributed by atoms with Crippen LogP contribution in [0.2, 0.25) is 5.02 Å². The molecule has 0 atom stereocenters. The van der Waals surface area contributed by atoms with E-state index in [0.717, 1.165) is 5.69 Å². The van der Waals surface area contributed by atoms with Crippen LogP contribution < -0.4 is 20.7 Å². The Labute approximate surface area is 145 Å². The summed E-state index contributed by atoms with van der Waals surface area (Å²) in [7, 11) is 1.51. The number of nitrogens with one attached hydrogen (secondary N) is 3. The molecule has 2 rings (SSSR count).